The third-order valence-electron chi connectivity index (χ3n) is 3.59. The van der Waals surface area contributed by atoms with Crippen molar-refractivity contribution in [1.29, 1.82) is 5.26 Å². The van der Waals surface area contributed by atoms with Gasteiger partial charge in [-0.1, -0.05) is 6.92 Å². The van der Waals surface area contributed by atoms with Crippen LogP contribution >= 0.6 is 0 Å². The van der Waals surface area contributed by atoms with Crippen LogP contribution < -0.4 is 22.1 Å². The predicted octanol–water partition coefficient (Wildman–Crippen LogP) is 1.01. The lowest BCUT2D eigenvalue weighted by Gasteiger charge is -2.33. The van der Waals surface area contributed by atoms with Crippen molar-refractivity contribution in [1.82, 2.24) is 0 Å². The number of rotatable bonds is 2. The SMILES string of the molecule is CC1CCCN(c2ccc(N=C(N)N=C(N)N)cc2C#N)C1. The van der Waals surface area contributed by atoms with Gasteiger partial charge in [-0.15, -0.1) is 0 Å². The van der Waals surface area contributed by atoms with E-state index in [0.717, 1.165) is 25.2 Å². The van der Waals surface area contributed by atoms with Crippen LogP contribution in [0.15, 0.2) is 28.2 Å². The lowest BCUT2D eigenvalue weighted by atomic mass is 9.99. The molecule has 7 nitrogen and oxygen atoms in total. The molecule has 0 aliphatic carbocycles. The van der Waals surface area contributed by atoms with Gasteiger partial charge in [0.15, 0.2) is 5.96 Å². The molecule has 1 aliphatic rings. The van der Waals surface area contributed by atoms with Crippen molar-refractivity contribution in [2.45, 2.75) is 19.8 Å². The molecule has 0 spiro atoms. The quantitative estimate of drug-likeness (QED) is 0.554. The molecular weight excluding hydrogens is 278 g/mol. The molecule has 2 rings (SSSR count). The van der Waals surface area contributed by atoms with E-state index in [4.69, 9.17) is 17.2 Å². The maximum atomic E-state index is 9.40. The third kappa shape index (κ3) is 3.88. The molecule has 22 heavy (non-hydrogen) atoms. The first kappa shape index (κ1) is 15.6. The van der Waals surface area contributed by atoms with E-state index in [1.807, 2.05) is 12.1 Å². The van der Waals surface area contributed by atoms with E-state index >= 15 is 0 Å². The van der Waals surface area contributed by atoms with Crippen molar-refractivity contribution >= 4 is 23.3 Å². The molecule has 0 radical (unpaired) electrons. The molecule has 1 saturated heterocycles. The largest absolute Gasteiger partial charge is 0.370 e. The van der Waals surface area contributed by atoms with Gasteiger partial charge in [0.2, 0.25) is 5.96 Å². The summed E-state index contributed by atoms with van der Waals surface area (Å²) in [5.74, 6) is 0.444. The molecule has 1 fully saturated rings. The summed E-state index contributed by atoms with van der Waals surface area (Å²) in [6.45, 7) is 4.16. The van der Waals surface area contributed by atoms with Crippen molar-refractivity contribution in [3.63, 3.8) is 0 Å². The highest BCUT2D eigenvalue weighted by Gasteiger charge is 2.19. The second-order valence-electron chi connectivity index (χ2n) is 5.51. The van der Waals surface area contributed by atoms with Crippen LogP contribution in [0.1, 0.15) is 25.3 Å². The summed E-state index contributed by atoms with van der Waals surface area (Å²) in [6.07, 6.45) is 2.37. The van der Waals surface area contributed by atoms with Gasteiger partial charge in [-0.3, -0.25) is 0 Å². The molecule has 1 heterocycles. The first-order valence-electron chi connectivity index (χ1n) is 7.22. The van der Waals surface area contributed by atoms with E-state index in [-0.39, 0.29) is 11.9 Å². The number of benzene rings is 1. The number of nitriles is 1. The fraction of sp³-hybridized carbons (Fsp3) is 0.400. The smallest absolute Gasteiger partial charge is 0.223 e. The maximum Gasteiger partial charge on any atom is 0.223 e. The van der Waals surface area contributed by atoms with E-state index in [0.29, 0.717) is 17.2 Å². The van der Waals surface area contributed by atoms with Crippen molar-refractivity contribution in [3.05, 3.63) is 23.8 Å². The van der Waals surface area contributed by atoms with Crippen molar-refractivity contribution in [2.75, 3.05) is 18.0 Å². The lowest BCUT2D eigenvalue weighted by Crippen LogP contribution is -2.34. The molecule has 1 aromatic rings. The Morgan fingerprint density at radius 3 is 2.77 bits per heavy atom. The molecule has 7 heteroatoms. The van der Waals surface area contributed by atoms with Gasteiger partial charge in [-0.2, -0.15) is 10.3 Å². The predicted molar refractivity (Wildman–Crippen MR) is 88.9 cm³/mol. The minimum Gasteiger partial charge on any atom is -0.370 e. The lowest BCUT2D eigenvalue weighted by molar-refractivity contribution is 0.446. The zero-order chi connectivity index (χ0) is 16.1. The second kappa shape index (κ2) is 6.80. The summed E-state index contributed by atoms with van der Waals surface area (Å²) in [7, 11) is 0. The Morgan fingerprint density at radius 2 is 2.14 bits per heavy atom. The Kier molecular flexibility index (Phi) is 4.84. The highest BCUT2D eigenvalue weighted by molar-refractivity contribution is 5.93. The summed E-state index contributed by atoms with van der Waals surface area (Å²) >= 11 is 0. The summed E-state index contributed by atoms with van der Waals surface area (Å²) in [5.41, 5.74) is 18.2. The van der Waals surface area contributed by atoms with E-state index in [1.165, 1.54) is 6.42 Å². The summed E-state index contributed by atoms with van der Waals surface area (Å²) in [4.78, 5) is 9.99. The summed E-state index contributed by atoms with van der Waals surface area (Å²) < 4.78 is 0. The Bertz CT molecular complexity index is 638. The number of hydrogen-bond acceptors (Lipinski definition) is 3. The Labute approximate surface area is 130 Å². The maximum absolute atomic E-state index is 9.40. The van der Waals surface area contributed by atoms with Crippen LogP contribution in [0.2, 0.25) is 0 Å². The van der Waals surface area contributed by atoms with E-state index in [9.17, 15) is 5.26 Å². The van der Waals surface area contributed by atoms with Crippen LogP contribution in [0.5, 0.6) is 0 Å². The van der Waals surface area contributed by atoms with Crippen molar-refractivity contribution in [2.24, 2.45) is 33.1 Å². The fourth-order valence-electron chi connectivity index (χ4n) is 2.66. The molecule has 116 valence electrons. The Hall–Kier alpha value is -2.75. The summed E-state index contributed by atoms with van der Waals surface area (Å²) in [5, 5.41) is 9.40. The normalized spacial score (nSPS) is 18.6. The first-order valence-corrected chi connectivity index (χ1v) is 7.22. The highest BCUT2D eigenvalue weighted by atomic mass is 15.1. The number of aliphatic imine (C=N–C) groups is 2. The zero-order valence-electron chi connectivity index (χ0n) is 12.7. The van der Waals surface area contributed by atoms with Crippen molar-refractivity contribution in [3.8, 4) is 6.07 Å². The van der Waals surface area contributed by atoms with Gasteiger partial charge in [0, 0.05) is 13.1 Å². The highest BCUT2D eigenvalue weighted by Crippen LogP contribution is 2.29. The van der Waals surface area contributed by atoms with Gasteiger partial charge >= 0.3 is 0 Å². The van der Waals surface area contributed by atoms with E-state index < -0.39 is 0 Å². The van der Waals surface area contributed by atoms with Gasteiger partial charge in [-0.05, 0) is 37.0 Å². The molecule has 1 aromatic carbocycles. The molecule has 6 N–H and O–H groups in total. The van der Waals surface area contributed by atoms with Gasteiger partial charge in [0.1, 0.15) is 6.07 Å². The Morgan fingerprint density at radius 1 is 1.36 bits per heavy atom. The second-order valence-corrected chi connectivity index (χ2v) is 5.51. The van der Waals surface area contributed by atoms with Crippen LogP contribution in [-0.4, -0.2) is 25.0 Å². The molecule has 0 aromatic heterocycles. The molecule has 0 saturated carbocycles. The average Bonchev–Trinajstić information content (AvgIpc) is 2.46. The average molecular weight is 299 g/mol. The van der Waals surface area contributed by atoms with Gasteiger partial charge in [0.05, 0.1) is 16.9 Å². The minimum atomic E-state index is -0.152. The zero-order valence-corrected chi connectivity index (χ0v) is 12.7. The fourth-order valence-corrected chi connectivity index (χ4v) is 2.66. The topological polar surface area (TPSA) is 130 Å². The van der Waals surface area contributed by atoms with E-state index in [1.54, 1.807) is 6.07 Å². The van der Waals surface area contributed by atoms with Gasteiger partial charge in [0.25, 0.3) is 0 Å². The number of nitrogens with zero attached hydrogens (tertiary/aromatic N) is 4. The molecule has 1 unspecified atom stereocenters. The molecular formula is C15H21N7. The first-order chi connectivity index (χ1) is 10.5. The third-order valence-corrected chi connectivity index (χ3v) is 3.59. The number of guanidine groups is 2. The van der Waals surface area contributed by atoms with Crippen LogP contribution in [0, 0.1) is 17.2 Å². The molecule has 0 bridgehead atoms. The molecule has 1 atom stereocenters. The van der Waals surface area contributed by atoms with E-state index in [2.05, 4.69) is 27.9 Å². The summed E-state index contributed by atoms with van der Waals surface area (Å²) in [6, 6.07) is 7.63. The van der Waals surface area contributed by atoms with Crippen LogP contribution in [0.4, 0.5) is 11.4 Å². The number of hydrogen-bond donors (Lipinski definition) is 3. The molecule has 1 aliphatic heterocycles. The standard InChI is InChI=1S/C15H21N7/c1-10-3-2-6-22(9-10)13-5-4-12(7-11(13)8-16)20-15(19)21-14(17)18/h4-5,7,10H,2-3,6,9H2,1H3,(H6,17,18,19,20,21). The van der Waals surface area contributed by atoms with Crippen LogP contribution in [-0.2, 0) is 0 Å². The van der Waals surface area contributed by atoms with Crippen LogP contribution in [0.3, 0.4) is 0 Å². The number of anilines is 1. The van der Waals surface area contributed by atoms with Crippen LogP contribution in [0.25, 0.3) is 0 Å². The van der Waals surface area contributed by atoms with Gasteiger partial charge in [-0.25, -0.2) is 4.99 Å². The van der Waals surface area contributed by atoms with Crippen molar-refractivity contribution < 1.29 is 0 Å². The number of nitrogens with two attached hydrogens (primary N) is 3. The van der Waals surface area contributed by atoms with Gasteiger partial charge < -0.3 is 22.1 Å². The number of piperidine rings is 1. The monoisotopic (exact) mass is 299 g/mol. The molecule has 0 amide bonds. The Balaban J connectivity index is 2.29. The minimum absolute atomic E-state index is 0.0387.